The molecule has 1 N–H and O–H groups in total. The summed E-state index contributed by atoms with van der Waals surface area (Å²) < 4.78 is 5.43. The normalized spacial score (nSPS) is 38.0. The molecular formula is C30H48O4. The minimum absolute atomic E-state index is 0.0158. The Kier molecular flexibility index (Phi) is 8.54. The summed E-state index contributed by atoms with van der Waals surface area (Å²) in [5.74, 6) is 2.49. The highest BCUT2D eigenvalue weighted by Crippen LogP contribution is 2.59. The van der Waals surface area contributed by atoms with Crippen molar-refractivity contribution >= 4 is 11.8 Å². The second kappa shape index (κ2) is 10.7. The van der Waals surface area contributed by atoms with E-state index in [2.05, 4.69) is 59.8 Å². The number of fused-ring (bicyclic) bond motifs is 1. The lowest BCUT2D eigenvalue weighted by Gasteiger charge is -2.48. The molecule has 34 heavy (non-hydrogen) atoms. The summed E-state index contributed by atoms with van der Waals surface area (Å²) in [6.45, 7) is 15.5. The van der Waals surface area contributed by atoms with Crippen LogP contribution >= 0.6 is 0 Å². The van der Waals surface area contributed by atoms with Gasteiger partial charge in [0.25, 0.3) is 0 Å². The summed E-state index contributed by atoms with van der Waals surface area (Å²) >= 11 is 0. The molecular weight excluding hydrogens is 424 g/mol. The average Bonchev–Trinajstić information content (AvgIpc) is 3.10. The van der Waals surface area contributed by atoms with Crippen LogP contribution in [0.3, 0.4) is 0 Å². The number of carbonyl (C=O) groups excluding carboxylic acids is 2. The zero-order valence-corrected chi connectivity index (χ0v) is 22.6. The van der Waals surface area contributed by atoms with E-state index in [1.807, 2.05) is 0 Å². The van der Waals surface area contributed by atoms with Crippen LogP contribution in [0.1, 0.15) is 93.4 Å². The monoisotopic (exact) mass is 472 g/mol. The fourth-order valence-electron chi connectivity index (χ4n) is 7.23. The molecule has 8 unspecified atom stereocenters. The lowest BCUT2D eigenvalue weighted by Crippen LogP contribution is -2.47. The number of hydrogen-bond acceptors (Lipinski definition) is 4. The van der Waals surface area contributed by atoms with E-state index in [9.17, 15) is 14.7 Å². The van der Waals surface area contributed by atoms with Crippen molar-refractivity contribution in [3.8, 4) is 0 Å². The molecule has 2 fully saturated rings. The number of aliphatic hydroxyl groups is 1. The number of ether oxygens (including phenoxy) is 1. The largest absolute Gasteiger partial charge is 0.466 e. The maximum atomic E-state index is 14.0. The Labute approximate surface area is 207 Å². The average molecular weight is 473 g/mol. The van der Waals surface area contributed by atoms with Gasteiger partial charge >= 0.3 is 5.97 Å². The van der Waals surface area contributed by atoms with Crippen LogP contribution in [0.25, 0.3) is 0 Å². The summed E-state index contributed by atoms with van der Waals surface area (Å²) in [4.78, 5) is 25.5. The number of hydrogen-bond donors (Lipinski definition) is 1. The quantitative estimate of drug-likeness (QED) is 0.322. The first-order valence-electron chi connectivity index (χ1n) is 13.6. The van der Waals surface area contributed by atoms with Crippen molar-refractivity contribution in [2.75, 3.05) is 6.61 Å². The van der Waals surface area contributed by atoms with Gasteiger partial charge < -0.3 is 9.84 Å². The molecule has 3 aliphatic carbocycles. The molecule has 2 saturated carbocycles. The molecule has 0 aromatic rings. The van der Waals surface area contributed by atoms with Crippen molar-refractivity contribution in [3.05, 3.63) is 23.8 Å². The van der Waals surface area contributed by atoms with Gasteiger partial charge in [-0.2, -0.15) is 0 Å². The van der Waals surface area contributed by atoms with Crippen LogP contribution in [0.4, 0.5) is 0 Å². The predicted molar refractivity (Wildman–Crippen MR) is 137 cm³/mol. The van der Waals surface area contributed by atoms with Gasteiger partial charge in [-0.05, 0) is 86.9 Å². The van der Waals surface area contributed by atoms with Crippen LogP contribution < -0.4 is 0 Å². The van der Waals surface area contributed by atoms with Crippen molar-refractivity contribution in [3.63, 3.8) is 0 Å². The van der Waals surface area contributed by atoms with E-state index in [1.54, 1.807) is 0 Å². The molecule has 0 aromatic carbocycles. The maximum Gasteiger partial charge on any atom is 0.302 e. The number of allylic oxidation sites excluding steroid dienone is 3. The van der Waals surface area contributed by atoms with Crippen molar-refractivity contribution in [2.24, 2.45) is 46.3 Å². The lowest BCUT2D eigenvalue weighted by atomic mass is 9.56. The first-order valence-corrected chi connectivity index (χ1v) is 13.6. The highest BCUT2D eigenvalue weighted by Gasteiger charge is 2.55. The van der Waals surface area contributed by atoms with E-state index < -0.39 is 5.41 Å². The lowest BCUT2D eigenvalue weighted by molar-refractivity contribution is -0.143. The Hall–Kier alpha value is -1.42. The van der Waals surface area contributed by atoms with E-state index >= 15 is 0 Å². The van der Waals surface area contributed by atoms with E-state index in [0.717, 1.165) is 37.7 Å². The number of Topliss-reactive ketones (excluding diaryl/α,β-unsaturated/α-hetero) is 1. The fraction of sp³-hybridized carbons (Fsp3) is 0.800. The molecule has 3 aliphatic rings. The van der Waals surface area contributed by atoms with Gasteiger partial charge in [0, 0.05) is 18.3 Å². The Morgan fingerprint density at radius 3 is 2.53 bits per heavy atom. The minimum Gasteiger partial charge on any atom is -0.466 e. The van der Waals surface area contributed by atoms with Gasteiger partial charge in [0.15, 0.2) is 0 Å². The van der Waals surface area contributed by atoms with Crippen LogP contribution in [0.2, 0.25) is 0 Å². The topological polar surface area (TPSA) is 63.6 Å². The second-order valence-corrected chi connectivity index (χ2v) is 12.4. The van der Waals surface area contributed by atoms with Crippen molar-refractivity contribution < 1.29 is 19.4 Å². The highest BCUT2D eigenvalue weighted by atomic mass is 16.5. The molecule has 8 atom stereocenters. The minimum atomic E-state index is -0.421. The Morgan fingerprint density at radius 2 is 1.88 bits per heavy atom. The molecule has 0 amide bonds. The molecule has 4 nitrogen and oxygen atoms in total. The van der Waals surface area contributed by atoms with Crippen molar-refractivity contribution in [1.82, 2.24) is 0 Å². The van der Waals surface area contributed by atoms with Crippen molar-refractivity contribution in [2.45, 2.75) is 99.5 Å². The SMILES string of the molecule is CC(=O)OCCC1(C)C(C(C)C=CC(C)C(C)C)CCC1C1CC=C2CC(O)CCC2(C)C1=O. The third-order valence-corrected chi connectivity index (χ3v) is 9.96. The Balaban J connectivity index is 1.87. The molecule has 192 valence electrons. The van der Waals surface area contributed by atoms with Crippen molar-refractivity contribution in [1.29, 1.82) is 0 Å². The number of carbonyl (C=O) groups is 2. The summed E-state index contributed by atoms with van der Waals surface area (Å²) in [7, 11) is 0. The molecule has 0 bridgehead atoms. The molecule has 0 aliphatic heterocycles. The molecule has 0 heterocycles. The Morgan fingerprint density at radius 1 is 1.18 bits per heavy atom. The fourth-order valence-corrected chi connectivity index (χ4v) is 7.23. The van der Waals surface area contributed by atoms with E-state index in [4.69, 9.17) is 4.74 Å². The van der Waals surface area contributed by atoms with Crippen LogP contribution in [0, 0.1) is 46.3 Å². The summed E-state index contributed by atoms with van der Waals surface area (Å²) in [6.07, 6.45) is 12.6. The van der Waals surface area contributed by atoms with Crippen LogP contribution in [0.15, 0.2) is 23.8 Å². The zero-order valence-electron chi connectivity index (χ0n) is 22.6. The van der Waals surface area contributed by atoms with Crippen LogP contribution in [-0.2, 0) is 14.3 Å². The molecule has 0 spiro atoms. The third kappa shape index (κ3) is 5.37. The summed E-state index contributed by atoms with van der Waals surface area (Å²) in [6, 6.07) is 0. The van der Waals surface area contributed by atoms with Gasteiger partial charge in [-0.25, -0.2) is 0 Å². The third-order valence-electron chi connectivity index (χ3n) is 9.96. The predicted octanol–water partition coefficient (Wildman–Crippen LogP) is 6.52. The van der Waals surface area contributed by atoms with Crippen LogP contribution in [-0.4, -0.2) is 29.6 Å². The second-order valence-electron chi connectivity index (χ2n) is 12.4. The smallest absolute Gasteiger partial charge is 0.302 e. The molecule has 0 saturated heterocycles. The maximum absolute atomic E-state index is 14.0. The van der Waals surface area contributed by atoms with Gasteiger partial charge in [0.05, 0.1) is 12.7 Å². The summed E-state index contributed by atoms with van der Waals surface area (Å²) in [5.41, 5.74) is 0.675. The number of aliphatic hydroxyl groups excluding tert-OH is 1. The molecule has 0 radical (unpaired) electrons. The standard InChI is InChI=1S/C30H48O4/c1-19(2)20(3)8-9-21(4)26-12-13-27(30(26,7)16-17-34-22(5)31)25-11-10-23-18-24(32)14-15-29(23,6)28(25)33/h8-10,19-21,24-27,32H,11-18H2,1-7H3. The zero-order chi connectivity index (χ0) is 25.3. The Bertz CT molecular complexity index is 811. The summed E-state index contributed by atoms with van der Waals surface area (Å²) in [5, 5.41) is 10.2. The van der Waals surface area contributed by atoms with Crippen LogP contribution in [0.5, 0.6) is 0 Å². The molecule has 0 aromatic heterocycles. The molecule has 3 rings (SSSR count). The van der Waals surface area contributed by atoms with Gasteiger partial charge in [0.2, 0.25) is 0 Å². The number of ketones is 1. The van der Waals surface area contributed by atoms with E-state index in [0.29, 0.717) is 54.8 Å². The number of rotatable bonds is 8. The number of esters is 1. The van der Waals surface area contributed by atoms with E-state index in [1.165, 1.54) is 6.92 Å². The van der Waals surface area contributed by atoms with Gasteiger partial charge in [0.1, 0.15) is 5.78 Å². The first-order chi connectivity index (χ1) is 15.9. The molecule has 4 heteroatoms. The van der Waals surface area contributed by atoms with E-state index in [-0.39, 0.29) is 23.4 Å². The van der Waals surface area contributed by atoms with Gasteiger partial charge in [-0.3, -0.25) is 9.59 Å². The van der Waals surface area contributed by atoms with Gasteiger partial charge in [-0.15, -0.1) is 0 Å². The highest BCUT2D eigenvalue weighted by molar-refractivity contribution is 5.91. The first kappa shape index (κ1) is 27.2. The van der Waals surface area contributed by atoms with Gasteiger partial charge in [-0.1, -0.05) is 58.4 Å².